The number of hydrogen-bond acceptors (Lipinski definition) is 4. The Kier molecular flexibility index (Phi) is 5.50. The Balaban J connectivity index is 1.72. The zero-order valence-electron chi connectivity index (χ0n) is 15.9. The smallest absolute Gasteiger partial charge is 0.262 e. The molecule has 150 valence electrons. The molecule has 1 aliphatic rings. The number of nitrogens with zero attached hydrogens (tertiary/aromatic N) is 2. The summed E-state index contributed by atoms with van der Waals surface area (Å²) in [7, 11) is 0. The van der Waals surface area contributed by atoms with Gasteiger partial charge in [-0.2, -0.15) is 0 Å². The molecule has 7 heteroatoms. The maximum absolute atomic E-state index is 13.5. The Bertz CT molecular complexity index is 1140. The Labute approximate surface area is 171 Å². The fourth-order valence-electron chi connectivity index (χ4n) is 3.79. The Morgan fingerprint density at radius 1 is 1.14 bits per heavy atom. The first-order chi connectivity index (χ1) is 14.0. The van der Waals surface area contributed by atoms with Gasteiger partial charge in [0.05, 0.1) is 16.2 Å². The average Bonchev–Trinajstić information content (AvgIpc) is 3.24. The molecule has 29 heavy (non-hydrogen) atoms. The molecule has 0 unspecified atom stereocenters. The highest BCUT2D eigenvalue weighted by Crippen LogP contribution is 2.34. The summed E-state index contributed by atoms with van der Waals surface area (Å²) in [5.74, 6) is -2.39. The van der Waals surface area contributed by atoms with Gasteiger partial charge < -0.3 is 0 Å². The van der Waals surface area contributed by atoms with Crippen LogP contribution in [0.1, 0.15) is 49.0 Å². The number of benzene rings is 2. The van der Waals surface area contributed by atoms with E-state index in [-0.39, 0.29) is 22.9 Å². The van der Waals surface area contributed by atoms with Crippen LogP contribution < -0.4 is 5.56 Å². The van der Waals surface area contributed by atoms with Crippen molar-refractivity contribution in [2.75, 3.05) is 0 Å². The molecule has 1 heterocycles. The van der Waals surface area contributed by atoms with E-state index in [1.807, 2.05) is 12.1 Å². The van der Waals surface area contributed by atoms with Crippen LogP contribution >= 0.6 is 11.8 Å². The standard InChI is InChI=1S/C22H20F2N2O2S/c1-13(20(27)14-10-11-17(23)18(24)12-14)29-22-25-19-9-5-4-8-16(19)21(28)26(22)15-6-2-3-7-15/h4-5,8-13,15H,2-3,6-7H2,1H3/t13-/m1/s1. The quantitative estimate of drug-likeness (QED) is 0.329. The maximum Gasteiger partial charge on any atom is 0.262 e. The number of thioether (sulfide) groups is 1. The largest absolute Gasteiger partial charge is 0.293 e. The molecular formula is C22H20F2N2O2S. The highest BCUT2D eigenvalue weighted by molar-refractivity contribution is 8.00. The van der Waals surface area contributed by atoms with Gasteiger partial charge in [0.2, 0.25) is 0 Å². The number of carbonyl (C=O) groups is 1. The van der Waals surface area contributed by atoms with Crippen LogP contribution in [0.2, 0.25) is 0 Å². The molecule has 0 amide bonds. The van der Waals surface area contributed by atoms with Gasteiger partial charge in [-0.3, -0.25) is 14.2 Å². The van der Waals surface area contributed by atoms with E-state index in [1.54, 1.807) is 23.6 Å². The number of para-hydroxylation sites is 1. The average molecular weight is 414 g/mol. The van der Waals surface area contributed by atoms with E-state index in [9.17, 15) is 18.4 Å². The molecule has 0 radical (unpaired) electrons. The third-order valence-corrected chi connectivity index (χ3v) is 6.39. The fraction of sp³-hybridized carbons (Fsp3) is 0.318. The normalized spacial score (nSPS) is 15.7. The molecule has 4 rings (SSSR count). The highest BCUT2D eigenvalue weighted by atomic mass is 32.2. The van der Waals surface area contributed by atoms with Crippen molar-refractivity contribution in [2.45, 2.75) is 49.1 Å². The summed E-state index contributed by atoms with van der Waals surface area (Å²) in [6, 6.07) is 10.4. The van der Waals surface area contributed by atoms with Gasteiger partial charge in [0, 0.05) is 11.6 Å². The van der Waals surface area contributed by atoms with E-state index in [4.69, 9.17) is 0 Å². The van der Waals surface area contributed by atoms with E-state index in [0.717, 1.165) is 37.8 Å². The zero-order valence-corrected chi connectivity index (χ0v) is 16.7. The third kappa shape index (κ3) is 3.83. The van der Waals surface area contributed by atoms with Gasteiger partial charge in [0.25, 0.3) is 5.56 Å². The van der Waals surface area contributed by atoms with Crippen molar-refractivity contribution in [2.24, 2.45) is 0 Å². The molecule has 1 fully saturated rings. The molecule has 3 aromatic rings. The molecule has 1 aromatic heterocycles. The summed E-state index contributed by atoms with van der Waals surface area (Å²) in [5, 5.41) is 0.438. The zero-order chi connectivity index (χ0) is 20.5. The summed E-state index contributed by atoms with van der Waals surface area (Å²) in [4.78, 5) is 30.6. The van der Waals surface area contributed by atoms with Crippen LogP contribution in [0.15, 0.2) is 52.4 Å². The molecule has 0 spiro atoms. The highest BCUT2D eigenvalue weighted by Gasteiger charge is 2.26. The number of aromatic nitrogens is 2. The molecule has 0 saturated heterocycles. The van der Waals surface area contributed by atoms with Gasteiger partial charge in [-0.05, 0) is 50.1 Å². The summed E-state index contributed by atoms with van der Waals surface area (Å²) < 4.78 is 28.4. The van der Waals surface area contributed by atoms with Crippen LogP contribution in [-0.2, 0) is 0 Å². The van der Waals surface area contributed by atoms with Crippen molar-refractivity contribution in [1.29, 1.82) is 0 Å². The van der Waals surface area contributed by atoms with Crippen LogP contribution in [0.25, 0.3) is 10.9 Å². The van der Waals surface area contributed by atoms with Crippen molar-refractivity contribution in [1.82, 2.24) is 9.55 Å². The predicted octanol–water partition coefficient (Wildman–Crippen LogP) is 5.15. The first-order valence-electron chi connectivity index (χ1n) is 9.63. The molecule has 0 aliphatic heterocycles. The summed E-state index contributed by atoms with van der Waals surface area (Å²) in [6.45, 7) is 1.69. The lowest BCUT2D eigenvalue weighted by Gasteiger charge is -2.20. The third-order valence-electron chi connectivity index (χ3n) is 5.32. The van der Waals surface area contributed by atoms with E-state index in [0.29, 0.717) is 16.1 Å². The monoisotopic (exact) mass is 414 g/mol. The number of hydrogen-bond donors (Lipinski definition) is 0. The van der Waals surface area contributed by atoms with Crippen molar-refractivity contribution in [3.8, 4) is 0 Å². The maximum atomic E-state index is 13.5. The molecule has 2 aromatic carbocycles. The van der Waals surface area contributed by atoms with Crippen molar-refractivity contribution < 1.29 is 13.6 Å². The van der Waals surface area contributed by atoms with E-state index < -0.39 is 16.9 Å². The van der Waals surface area contributed by atoms with Crippen LogP contribution in [0.5, 0.6) is 0 Å². The Morgan fingerprint density at radius 3 is 2.59 bits per heavy atom. The Hall–Kier alpha value is -2.54. The molecular weight excluding hydrogens is 394 g/mol. The second-order valence-corrected chi connectivity index (χ2v) is 8.59. The molecule has 1 aliphatic carbocycles. The minimum absolute atomic E-state index is 0.0627. The fourth-order valence-corrected chi connectivity index (χ4v) is 4.84. The second kappa shape index (κ2) is 8.06. The van der Waals surface area contributed by atoms with Crippen LogP contribution in [0.4, 0.5) is 8.78 Å². The van der Waals surface area contributed by atoms with Gasteiger partial charge in [-0.25, -0.2) is 13.8 Å². The summed E-state index contributed by atoms with van der Waals surface area (Å²) >= 11 is 1.19. The minimum atomic E-state index is -1.06. The van der Waals surface area contributed by atoms with Gasteiger partial charge in [-0.1, -0.05) is 36.7 Å². The van der Waals surface area contributed by atoms with Gasteiger partial charge >= 0.3 is 0 Å². The molecule has 0 N–H and O–H groups in total. The molecule has 1 atom stereocenters. The van der Waals surface area contributed by atoms with Crippen molar-refractivity contribution >= 4 is 28.4 Å². The minimum Gasteiger partial charge on any atom is -0.293 e. The van der Waals surface area contributed by atoms with Crippen LogP contribution in [-0.4, -0.2) is 20.6 Å². The summed E-state index contributed by atoms with van der Waals surface area (Å²) in [5.41, 5.74) is 0.582. The van der Waals surface area contributed by atoms with Gasteiger partial charge in [0.1, 0.15) is 0 Å². The lowest BCUT2D eigenvalue weighted by atomic mass is 10.1. The van der Waals surface area contributed by atoms with Gasteiger partial charge in [-0.15, -0.1) is 0 Å². The van der Waals surface area contributed by atoms with Crippen LogP contribution in [0.3, 0.4) is 0 Å². The van der Waals surface area contributed by atoms with E-state index >= 15 is 0 Å². The van der Waals surface area contributed by atoms with Crippen LogP contribution in [0, 0.1) is 11.6 Å². The van der Waals surface area contributed by atoms with Crippen molar-refractivity contribution in [3.63, 3.8) is 0 Å². The number of carbonyl (C=O) groups excluding carboxylic acids is 1. The number of fused-ring (bicyclic) bond motifs is 1. The molecule has 0 bridgehead atoms. The van der Waals surface area contributed by atoms with Gasteiger partial charge in [0.15, 0.2) is 22.6 Å². The first kappa shape index (κ1) is 19.8. The molecule has 1 saturated carbocycles. The lowest BCUT2D eigenvalue weighted by molar-refractivity contribution is 0.0993. The summed E-state index contributed by atoms with van der Waals surface area (Å²) in [6.07, 6.45) is 3.91. The van der Waals surface area contributed by atoms with E-state index in [1.165, 1.54) is 17.8 Å². The first-order valence-corrected chi connectivity index (χ1v) is 10.5. The Morgan fingerprint density at radius 2 is 1.86 bits per heavy atom. The topological polar surface area (TPSA) is 52.0 Å². The van der Waals surface area contributed by atoms with Crippen molar-refractivity contribution in [3.05, 3.63) is 70.0 Å². The van der Waals surface area contributed by atoms with E-state index in [2.05, 4.69) is 4.98 Å². The second-order valence-electron chi connectivity index (χ2n) is 7.28. The molecule has 4 nitrogen and oxygen atoms in total. The lowest BCUT2D eigenvalue weighted by Crippen LogP contribution is -2.27. The number of ketones is 1. The SMILES string of the molecule is C[C@@H](Sc1nc2ccccc2c(=O)n1C1CCCC1)C(=O)c1ccc(F)c(F)c1. The number of Topliss-reactive ketones (excluding diaryl/α,β-unsaturated/α-hetero) is 1. The number of rotatable bonds is 5. The number of halogens is 2. The predicted molar refractivity (Wildman–Crippen MR) is 110 cm³/mol.